The number of halogens is 4. The second-order valence-electron chi connectivity index (χ2n) is 4.55. The Kier molecular flexibility index (Phi) is 4.20. The average molecular weight is 345 g/mol. The van der Waals surface area contributed by atoms with Crippen LogP contribution in [-0.2, 0) is 6.18 Å². The molecule has 0 aliphatic carbocycles. The Morgan fingerprint density at radius 3 is 2.40 bits per heavy atom. The summed E-state index contributed by atoms with van der Waals surface area (Å²) >= 11 is 3.32. The Morgan fingerprint density at radius 1 is 1.10 bits per heavy atom. The van der Waals surface area contributed by atoms with E-state index in [-0.39, 0.29) is 5.56 Å². The minimum Gasteiger partial charge on any atom is -0.384 e. The highest BCUT2D eigenvalue weighted by atomic mass is 79.9. The topological polar surface area (TPSA) is 20.2 Å². The first-order valence-electron chi connectivity index (χ1n) is 5.90. The molecular formula is C15H12BrF3O. The van der Waals surface area contributed by atoms with Gasteiger partial charge in [0.05, 0.1) is 5.56 Å². The van der Waals surface area contributed by atoms with E-state index in [1.165, 1.54) is 12.1 Å². The van der Waals surface area contributed by atoms with Crippen LogP contribution in [0.5, 0.6) is 0 Å². The number of aliphatic hydroxyl groups excluding tert-OH is 1. The Hall–Kier alpha value is -1.33. The van der Waals surface area contributed by atoms with Gasteiger partial charge in [0.25, 0.3) is 0 Å². The van der Waals surface area contributed by atoms with Crippen molar-refractivity contribution in [3.05, 3.63) is 69.2 Å². The predicted molar refractivity (Wildman–Crippen MR) is 74.4 cm³/mol. The fourth-order valence-corrected chi connectivity index (χ4v) is 2.63. The van der Waals surface area contributed by atoms with Crippen LogP contribution >= 0.6 is 15.9 Å². The molecule has 0 aliphatic rings. The number of benzene rings is 2. The fourth-order valence-electron chi connectivity index (χ4n) is 1.92. The van der Waals surface area contributed by atoms with Gasteiger partial charge in [-0.3, -0.25) is 0 Å². The largest absolute Gasteiger partial charge is 0.416 e. The lowest BCUT2D eigenvalue weighted by atomic mass is 9.99. The summed E-state index contributed by atoms with van der Waals surface area (Å²) in [5, 5.41) is 10.3. The van der Waals surface area contributed by atoms with Crippen molar-refractivity contribution in [2.75, 3.05) is 0 Å². The van der Waals surface area contributed by atoms with Crippen LogP contribution in [0, 0.1) is 6.92 Å². The number of hydrogen-bond acceptors (Lipinski definition) is 1. The molecule has 0 spiro atoms. The number of hydrogen-bond donors (Lipinski definition) is 1. The Bertz CT molecular complexity index is 623. The summed E-state index contributed by atoms with van der Waals surface area (Å²) in [6.45, 7) is 1.89. The van der Waals surface area contributed by atoms with E-state index in [9.17, 15) is 18.3 Å². The average Bonchev–Trinajstić information content (AvgIpc) is 2.37. The summed E-state index contributed by atoms with van der Waals surface area (Å²) in [5.41, 5.74) is 0.980. The van der Waals surface area contributed by atoms with Crippen LogP contribution in [0.25, 0.3) is 0 Å². The van der Waals surface area contributed by atoms with Gasteiger partial charge in [0.1, 0.15) is 6.10 Å². The van der Waals surface area contributed by atoms with Gasteiger partial charge in [-0.25, -0.2) is 0 Å². The summed E-state index contributed by atoms with van der Waals surface area (Å²) in [6, 6.07) is 10.0. The third-order valence-electron chi connectivity index (χ3n) is 2.98. The third kappa shape index (κ3) is 3.22. The molecule has 0 fully saturated rings. The van der Waals surface area contributed by atoms with Gasteiger partial charge in [-0.2, -0.15) is 13.2 Å². The third-order valence-corrected chi connectivity index (χ3v) is 3.67. The zero-order chi connectivity index (χ0) is 14.9. The molecule has 0 bridgehead atoms. The molecule has 1 unspecified atom stereocenters. The van der Waals surface area contributed by atoms with Crippen molar-refractivity contribution in [2.24, 2.45) is 0 Å². The van der Waals surface area contributed by atoms with Crippen LogP contribution in [0.2, 0.25) is 0 Å². The minimum absolute atomic E-state index is 0.212. The molecule has 0 amide bonds. The molecule has 0 aliphatic heterocycles. The first-order chi connectivity index (χ1) is 9.29. The van der Waals surface area contributed by atoms with E-state index in [1.54, 1.807) is 12.1 Å². The molecule has 0 saturated carbocycles. The van der Waals surface area contributed by atoms with E-state index in [0.29, 0.717) is 10.0 Å². The summed E-state index contributed by atoms with van der Waals surface area (Å²) in [5.74, 6) is 0. The minimum atomic E-state index is -4.42. The van der Waals surface area contributed by atoms with Gasteiger partial charge >= 0.3 is 6.18 Å². The second kappa shape index (κ2) is 5.58. The normalized spacial score (nSPS) is 13.3. The molecule has 106 valence electrons. The van der Waals surface area contributed by atoms with Gasteiger partial charge in [0.2, 0.25) is 0 Å². The lowest BCUT2D eigenvalue weighted by molar-refractivity contribution is -0.137. The van der Waals surface area contributed by atoms with Crippen LogP contribution in [0.3, 0.4) is 0 Å². The molecule has 2 aromatic carbocycles. The first kappa shape index (κ1) is 15.1. The van der Waals surface area contributed by atoms with Gasteiger partial charge in [-0.05, 0) is 41.8 Å². The van der Waals surface area contributed by atoms with Crippen molar-refractivity contribution in [1.29, 1.82) is 0 Å². The summed E-state index contributed by atoms with van der Waals surface area (Å²) in [7, 11) is 0. The zero-order valence-corrected chi connectivity index (χ0v) is 12.2. The van der Waals surface area contributed by atoms with Crippen LogP contribution in [0.4, 0.5) is 13.2 Å². The monoisotopic (exact) mass is 344 g/mol. The van der Waals surface area contributed by atoms with E-state index >= 15 is 0 Å². The van der Waals surface area contributed by atoms with E-state index < -0.39 is 17.8 Å². The molecule has 20 heavy (non-hydrogen) atoms. The van der Waals surface area contributed by atoms with Crippen molar-refractivity contribution < 1.29 is 18.3 Å². The lowest BCUT2D eigenvalue weighted by Gasteiger charge is -2.15. The number of rotatable bonds is 2. The van der Waals surface area contributed by atoms with E-state index in [0.717, 1.165) is 17.7 Å². The standard InChI is InChI=1S/C15H12BrF3O/c1-9-5-6-12(13(16)7-9)14(20)10-3-2-4-11(8-10)15(17,18)19/h2-8,14,20H,1H3. The van der Waals surface area contributed by atoms with Crippen molar-refractivity contribution >= 4 is 15.9 Å². The van der Waals surface area contributed by atoms with Crippen LogP contribution in [-0.4, -0.2) is 5.11 Å². The highest BCUT2D eigenvalue weighted by Crippen LogP contribution is 2.34. The van der Waals surface area contributed by atoms with E-state index in [4.69, 9.17) is 0 Å². The molecule has 5 heteroatoms. The summed E-state index contributed by atoms with van der Waals surface area (Å²) in [6.07, 6.45) is -5.52. The summed E-state index contributed by atoms with van der Waals surface area (Å²) in [4.78, 5) is 0. The van der Waals surface area contributed by atoms with E-state index in [1.807, 2.05) is 13.0 Å². The van der Waals surface area contributed by atoms with Crippen LogP contribution < -0.4 is 0 Å². The molecular weight excluding hydrogens is 333 g/mol. The van der Waals surface area contributed by atoms with Crippen LogP contribution in [0.1, 0.15) is 28.4 Å². The predicted octanol–water partition coefficient (Wildman–Crippen LogP) is 4.86. The Morgan fingerprint density at radius 2 is 1.80 bits per heavy atom. The Balaban J connectivity index is 2.41. The maximum absolute atomic E-state index is 12.7. The summed E-state index contributed by atoms with van der Waals surface area (Å²) < 4.78 is 38.7. The van der Waals surface area contributed by atoms with Gasteiger partial charge in [0.15, 0.2) is 0 Å². The van der Waals surface area contributed by atoms with Gasteiger partial charge < -0.3 is 5.11 Å². The quantitative estimate of drug-likeness (QED) is 0.824. The highest BCUT2D eigenvalue weighted by molar-refractivity contribution is 9.10. The number of aliphatic hydroxyl groups is 1. The van der Waals surface area contributed by atoms with Gasteiger partial charge in [-0.1, -0.05) is 40.2 Å². The second-order valence-corrected chi connectivity index (χ2v) is 5.41. The molecule has 2 rings (SSSR count). The lowest BCUT2D eigenvalue weighted by Crippen LogP contribution is -2.07. The van der Waals surface area contributed by atoms with Gasteiger partial charge in [-0.15, -0.1) is 0 Å². The SMILES string of the molecule is Cc1ccc(C(O)c2cccc(C(F)(F)F)c2)c(Br)c1. The smallest absolute Gasteiger partial charge is 0.384 e. The van der Waals surface area contributed by atoms with Crippen molar-refractivity contribution in [2.45, 2.75) is 19.2 Å². The zero-order valence-electron chi connectivity index (χ0n) is 10.6. The molecule has 1 nitrogen and oxygen atoms in total. The molecule has 0 aromatic heterocycles. The van der Waals surface area contributed by atoms with Gasteiger partial charge in [0, 0.05) is 4.47 Å². The Labute approximate surface area is 123 Å². The van der Waals surface area contributed by atoms with Crippen molar-refractivity contribution in [3.8, 4) is 0 Å². The van der Waals surface area contributed by atoms with E-state index in [2.05, 4.69) is 15.9 Å². The van der Waals surface area contributed by atoms with Crippen molar-refractivity contribution in [1.82, 2.24) is 0 Å². The number of alkyl halides is 3. The molecule has 2 aromatic rings. The highest BCUT2D eigenvalue weighted by Gasteiger charge is 2.31. The first-order valence-corrected chi connectivity index (χ1v) is 6.69. The van der Waals surface area contributed by atoms with Crippen LogP contribution in [0.15, 0.2) is 46.9 Å². The fraction of sp³-hybridized carbons (Fsp3) is 0.200. The molecule has 1 atom stereocenters. The number of aryl methyl sites for hydroxylation is 1. The molecule has 0 radical (unpaired) electrons. The maximum atomic E-state index is 12.7. The molecule has 0 heterocycles. The van der Waals surface area contributed by atoms with Crippen molar-refractivity contribution in [3.63, 3.8) is 0 Å². The maximum Gasteiger partial charge on any atom is 0.416 e. The molecule has 0 saturated heterocycles. The molecule has 1 N–H and O–H groups in total.